The number of aromatic nitrogens is 3. The van der Waals surface area contributed by atoms with E-state index in [2.05, 4.69) is 15.4 Å². The first-order chi connectivity index (χ1) is 12.4. The average Bonchev–Trinajstić information content (AvgIpc) is 3.24. The van der Waals surface area contributed by atoms with Crippen molar-refractivity contribution in [1.82, 2.24) is 19.9 Å². The molecule has 0 fully saturated rings. The van der Waals surface area contributed by atoms with Crippen LogP contribution in [-0.4, -0.2) is 26.4 Å². The highest BCUT2D eigenvalue weighted by Gasteiger charge is 2.17. The van der Waals surface area contributed by atoms with Gasteiger partial charge in [0.2, 0.25) is 5.91 Å². The summed E-state index contributed by atoms with van der Waals surface area (Å²) in [5.74, 6) is -0.566. The van der Waals surface area contributed by atoms with Gasteiger partial charge in [0.05, 0.1) is 12.2 Å². The van der Waals surface area contributed by atoms with Crippen LogP contribution in [0.2, 0.25) is 0 Å². The molecule has 3 rings (SSSR count). The molecule has 7 nitrogen and oxygen atoms in total. The Balaban J connectivity index is 1.74. The van der Waals surface area contributed by atoms with Crippen molar-refractivity contribution in [2.75, 3.05) is 0 Å². The van der Waals surface area contributed by atoms with Gasteiger partial charge in [0.25, 0.3) is 5.91 Å². The lowest BCUT2D eigenvalue weighted by atomic mass is 10.1. The predicted molar refractivity (Wildman–Crippen MR) is 100 cm³/mol. The van der Waals surface area contributed by atoms with E-state index in [1.54, 1.807) is 15.9 Å². The van der Waals surface area contributed by atoms with Crippen molar-refractivity contribution in [1.29, 1.82) is 0 Å². The van der Waals surface area contributed by atoms with Gasteiger partial charge >= 0.3 is 0 Å². The third kappa shape index (κ3) is 3.45. The van der Waals surface area contributed by atoms with Gasteiger partial charge in [-0.25, -0.2) is 9.50 Å². The summed E-state index contributed by atoms with van der Waals surface area (Å²) < 4.78 is 1.61. The Kier molecular flexibility index (Phi) is 5.03. The number of carbonyl (C=O) groups is 2. The van der Waals surface area contributed by atoms with Crippen molar-refractivity contribution in [3.8, 4) is 0 Å². The van der Waals surface area contributed by atoms with Crippen LogP contribution in [0.15, 0.2) is 23.7 Å². The molecule has 0 aliphatic rings. The lowest BCUT2D eigenvalue weighted by Gasteiger charge is -2.14. The number of hydrogen-bond donors (Lipinski definition) is 2. The average molecular weight is 371 g/mol. The SMILES string of the molecule is Cc1nc2c(C(N)=O)cnn2c(C)c1CCC(=O)N[C@@H](C)c1cccs1. The molecule has 0 aliphatic carbocycles. The summed E-state index contributed by atoms with van der Waals surface area (Å²) >= 11 is 1.62. The van der Waals surface area contributed by atoms with E-state index in [0.29, 0.717) is 24.1 Å². The minimum Gasteiger partial charge on any atom is -0.365 e. The molecular weight excluding hydrogens is 350 g/mol. The quantitative estimate of drug-likeness (QED) is 0.694. The molecule has 3 heterocycles. The molecule has 0 spiro atoms. The maximum absolute atomic E-state index is 12.3. The Bertz CT molecular complexity index is 962. The molecule has 0 aromatic carbocycles. The first kappa shape index (κ1) is 18.1. The van der Waals surface area contributed by atoms with Gasteiger partial charge < -0.3 is 11.1 Å². The van der Waals surface area contributed by atoms with E-state index in [0.717, 1.165) is 21.8 Å². The van der Waals surface area contributed by atoms with Gasteiger partial charge in [0.15, 0.2) is 5.65 Å². The first-order valence-corrected chi connectivity index (χ1v) is 9.22. The number of aryl methyl sites for hydroxylation is 2. The maximum Gasteiger partial charge on any atom is 0.254 e. The van der Waals surface area contributed by atoms with Crippen molar-refractivity contribution in [3.63, 3.8) is 0 Å². The standard InChI is InChI=1S/C18H21N5O2S/c1-10-13(6-7-16(24)21-11(2)15-5-4-8-26-15)12(3)23-18(22-10)14(9-20-23)17(19)25/h4-5,8-9,11H,6-7H2,1-3H3,(H2,19,25)(H,21,24)/t11-/m0/s1. The van der Waals surface area contributed by atoms with Crippen LogP contribution in [0.5, 0.6) is 0 Å². The topological polar surface area (TPSA) is 102 Å². The molecule has 26 heavy (non-hydrogen) atoms. The van der Waals surface area contributed by atoms with Crippen molar-refractivity contribution in [2.24, 2.45) is 5.73 Å². The molecule has 8 heteroatoms. The second kappa shape index (κ2) is 7.25. The molecule has 1 atom stereocenters. The van der Waals surface area contributed by atoms with Crippen LogP contribution in [0.4, 0.5) is 0 Å². The molecule has 2 amide bonds. The second-order valence-corrected chi connectivity index (χ2v) is 7.20. The van der Waals surface area contributed by atoms with Gasteiger partial charge in [0, 0.05) is 22.7 Å². The monoisotopic (exact) mass is 371 g/mol. The van der Waals surface area contributed by atoms with E-state index in [9.17, 15) is 9.59 Å². The molecular formula is C18H21N5O2S. The summed E-state index contributed by atoms with van der Waals surface area (Å²) in [4.78, 5) is 29.4. The van der Waals surface area contributed by atoms with Crippen LogP contribution in [0.1, 0.15) is 51.6 Å². The zero-order valence-corrected chi connectivity index (χ0v) is 15.8. The van der Waals surface area contributed by atoms with E-state index in [1.165, 1.54) is 6.20 Å². The Hall–Kier alpha value is -2.74. The van der Waals surface area contributed by atoms with Crippen LogP contribution in [0.25, 0.3) is 5.65 Å². The van der Waals surface area contributed by atoms with Gasteiger partial charge in [0.1, 0.15) is 5.56 Å². The highest BCUT2D eigenvalue weighted by atomic mass is 32.1. The number of nitrogens with zero attached hydrogens (tertiary/aromatic N) is 3. The summed E-state index contributed by atoms with van der Waals surface area (Å²) in [6.45, 7) is 5.75. The van der Waals surface area contributed by atoms with Crippen molar-refractivity contribution in [2.45, 2.75) is 39.7 Å². The summed E-state index contributed by atoms with van der Waals surface area (Å²) in [6, 6.07) is 3.98. The van der Waals surface area contributed by atoms with Gasteiger partial charge in [-0.2, -0.15) is 5.10 Å². The van der Waals surface area contributed by atoms with Gasteiger partial charge in [-0.15, -0.1) is 11.3 Å². The molecule has 0 bridgehead atoms. The minimum atomic E-state index is -0.555. The summed E-state index contributed by atoms with van der Waals surface area (Å²) in [5, 5.41) is 9.22. The predicted octanol–water partition coefficient (Wildman–Crippen LogP) is 2.32. The molecule has 3 N–H and O–H groups in total. The number of primary amides is 1. The maximum atomic E-state index is 12.3. The number of nitrogens with two attached hydrogens (primary N) is 1. The Morgan fingerprint density at radius 1 is 1.38 bits per heavy atom. The number of fused-ring (bicyclic) bond motifs is 1. The first-order valence-electron chi connectivity index (χ1n) is 8.35. The molecule has 3 aromatic heterocycles. The normalized spacial score (nSPS) is 12.3. The van der Waals surface area contributed by atoms with Crippen LogP contribution in [-0.2, 0) is 11.2 Å². The third-order valence-electron chi connectivity index (χ3n) is 4.42. The zero-order chi connectivity index (χ0) is 18.8. The zero-order valence-electron chi connectivity index (χ0n) is 14.9. The summed E-state index contributed by atoms with van der Waals surface area (Å²) in [7, 11) is 0. The highest BCUT2D eigenvalue weighted by Crippen LogP contribution is 2.20. The van der Waals surface area contributed by atoms with Crippen molar-refractivity contribution < 1.29 is 9.59 Å². The highest BCUT2D eigenvalue weighted by molar-refractivity contribution is 7.10. The van der Waals surface area contributed by atoms with Crippen LogP contribution >= 0.6 is 11.3 Å². The van der Waals surface area contributed by atoms with Crippen LogP contribution < -0.4 is 11.1 Å². The van der Waals surface area contributed by atoms with E-state index in [-0.39, 0.29) is 11.9 Å². The summed E-state index contributed by atoms with van der Waals surface area (Å²) in [5.41, 5.74) is 8.70. The number of hydrogen-bond acceptors (Lipinski definition) is 5. The van der Waals surface area contributed by atoms with Gasteiger partial charge in [-0.05, 0) is 44.2 Å². The van der Waals surface area contributed by atoms with E-state index < -0.39 is 5.91 Å². The molecule has 0 radical (unpaired) electrons. The van der Waals surface area contributed by atoms with Gasteiger partial charge in [-0.1, -0.05) is 6.07 Å². The number of nitrogens with one attached hydrogen (secondary N) is 1. The molecule has 3 aromatic rings. The van der Waals surface area contributed by atoms with Crippen LogP contribution in [0, 0.1) is 13.8 Å². The lowest BCUT2D eigenvalue weighted by Crippen LogP contribution is -2.26. The smallest absolute Gasteiger partial charge is 0.254 e. The van der Waals surface area contributed by atoms with Crippen LogP contribution in [0.3, 0.4) is 0 Å². The fourth-order valence-electron chi connectivity index (χ4n) is 3.01. The molecule has 0 unspecified atom stereocenters. The third-order valence-corrected chi connectivity index (χ3v) is 5.48. The Morgan fingerprint density at radius 2 is 2.15 bits per heavy atom. The van der Waals surface area contributed by atoms with E-state index in [4.69, 9.17) is 5.73 Å². The molecule has 136 valence electrons. The largest absolute Gasteiger partial charge is 0.365 e. The van der Waals surface area contributed by atoms with Crippen molar-refractivity contribution >= 4 is 28.8 Å². The fourth-order valence-corrected chi connectivity index (χ4v) is 3.74. The number of amides is 2. The molecule has 0 saturated carbocycles. The summed E-state index contributed by atoms with van der Waals surface area (Å²) in [6.07, 6.45) is 2.33. The Morgan fingerprint density at radius 3 is 2.81 bits per heavy atom. The second-order valence-electron chi connectivity index (χ2n) is 6.22. The molecule has 0 saturated heterocycles. The molecule has 0 aliphatic heterocycles. The Labute approximate surface area is 155 Å². The van der Waals surface area contributed by atoms with Gasteiger partial charge in [-0.3, -0.25) is 9.59 Å². The number of carbonyl (C=O) groups excluding carboxylic acids is 2. The fraction of sp³-hybridized carbons (Fsp3) is 0.333. The lowest BCUT2D eigenvalue weighted by molar-refractivity contribution is -0.121. The number of thiophene rings is 1. The van der Waals surface area contributed by atoms with E-state index >= 15 is 0 Å². The number of rotatable bonds is 6. The van der Waals surface area contributed by atoms with E-state index in [1.807, 2.05) is 38.3 Å². The minimum absolute atomic E-state index is 0.00506. The van der Waals surface area contributed by atoms with Crippen molar-refractivity contribution in [3.05, 3.63) is 51.1 Å².